The second-order valence-electron chi connectivity index (χ2n) is 4.26. The summed E-state index contributed by atoms with van der Waals surface area (Å²) < 4.78 is 12.2. The van der Waals surface area contributed by atoms with Crippen LogP contribution in [0.2, 0.25) is 5.02 Å². The number of halogens is 2. The fourth-order valence-corrected chi connectivity index (χ4v) is 2.30. The zero-order valence-corrected chi connectivity index (χ0v) is 9.47. The van der Waals surface area contributed by atoms with Gasteiger partial charge in [0.2, 0.25) is 0 Å². The highest BCUT2D eigenvalue weighted by Gasteiger charge is 2.49. The Labute approximate surface area is 94.6 Å². The Bertz CT molecular complexity index is 311. The average molecular weight is 228 g/mol. The molecule has 1 aromatic carbocycles. The summed E-state index contributed by atoms with van der Waals surface area (Å²) in [6.45, 7) is 4.95. The maximum atomic E-state index is 12.2. The van der Waals surface area contributed by atoms with E-state index in [4.69, 9.17) is 11.6 Å². The van der Waals surface area contributed by atoms with E-state index in [-0.39, 0.29) is 10.8 Å². The van der Waals surface area contributed by atoms with Gasteiger partial charge in [0.15, 0.2) is 0 Å². The fraction of sp³-hybridized carbons (Fsp3) is 0.500. The molecule has 2 aliphatic rings. The lowest BCUT2D eigenvalue weighted by molar-refractivity contribution is 0.628. The summed E-state index contributed by atoms with van der Waals surface area (Å²) in [4.78, 5) is 0. The monoisotopic (exact) mass is 227 g/mol. The zero-order valence-electron chi connectivity index (χ0n) is 8.71. The first kappa shape index (κ1) is 10.9. The van der Waals surface area contributed by atoms with Crippen molar-refractivity contribution in [3.63, 3.8) is 0 Å². The van der Waals surface area contributed by atoms with Crippen molar-refractivity contribution in [2.24, 2.45) is 17.8 Å². The Morgan fingerprint density at radius 1 is 1.27 bits per heavy atom. The summed E-state index contributed by atoms with van der Waals surface area (Å²) >= 11 is 5.33. The van der Waals surface area contributed by atoms with Crippen molar-refractivity contribution in [1.82, 2.24) is 5.32 Å². The van der Waals surface area contributed by atoms with Crippen molar-refractivity contribution in [1.29, 1.82) is 0 Å². The van der Waals surface area contributed by atoms with E-state index in [1.54, 1.807) is 12.1 Å². The molecular weight excluding hydrogens is 213 g/mol. The highest BCUT2D eigenvalue weighted by molar-refractivity contribution is 6.30. The Morgan fingerprint density at radius 2 is 1.87 bits per heavy atom. The topological polar surface area (TPSA) is 12.0 Å². The van der Waals surface area contributed by atoms with Crippen molar-refractivity contribution >= 4 is 11.6 Å². The molecule has 0 radical (unpaired) electrons. The van der Waals surface area contributed by atoms with E-state index >= 15 is 0 Å². The lowest BCUT2D eigenvalue weighted by Gasteiger charge is -1.93. The maximum absolute atomic E-state index is 12.2. The number of piperidine rings is 1. The molecule has 3 rings (SSSR count). The summed E-state index contributed by atoms with van der Waals surface area (Å²) in [6, 6.07) is 6.12. The van der Waals surface area contributed by atoms with Crippen LogP contribution in [0.4, 0.5) is 4.39 Å². The number of benzene rings is 1. The minimum Gasteiger partial charge on any atom is -0.316 e. The number of nitrogens with one attached hydrogen (secondary N) is 1. The number of hydrogen-bond acceptors (Lipinski definition) is 1. The molecule has 1 aliphatic heterocycles. The minimum absolute atomic E-state index is 0.174. The third kappa shape index (κ3) is 2.50. The molecule has 1 aliphatic carbocycles. The van der Waals surface area contributed by atoms with Gasteiger partial charge in [-0.05, 0) is 43.0 Å². The van der Waals surface area contributed by atoms with Crippen LogP contribution in [0.3, 0.4) is 0 Å². The molecule has 15 heavy (non-hydrogen) atoms. The minimum atomic E-state index is -0.367. The molecule has 2 unspecified atom stereocenters. The summed E-state index contributed by atoms with van der Waals surface area (Å²) in [5.74, 6) is 2.83. The van der Waals surface area contributed by atoms with Crippen LogP contribution in [-0.2, 0) is 0 Å². The van der Waals surface area contributed by atoms with E-state index in [9.17, 15) is 4.39 Å². The van der Waals surface area contributed by atoms with Gasteiger partial charge < -0.3 is 5.32 Å². The Kier molecular flexibility index (Phi) is 3.27. The SMILES string of the molecule is CC1C2CNCC12.Fc1ccccc1Cl. The van der Waals surface area contributed by atoms with Gasteiger partial charge in [0, 0.05) is 0 Å². The van der Waals surface area contributed by atoms with Crippen molar-refractivity contribution in [2.45, 2.75) is 6.92 Å². The number of rotatable bonds is 0. The fourth-order valence-electron chi connectivity index (χ4n) is 2.17. The summed E-state index contributed by atoms with van der Waals surface area (Å²) in [5, 5.41) is 3.53. The second kappa shape index (κ2) is 4.50. The van der Waals surface area contributed by atoms with Crippen molar-refractivity contribution < 1.29 is 4.39 Å². The van der Waals surface area contributed by atoms with Crippen LogP contribution in [0.15, 0.2) is 24.3 Å². The maximum Gasteiger partial charge on any atom is 0.141 e. The first-order chi connectivity index (χ1) is 7.20. The lowest BCUT2D eigenvalue weighted by atomic mass is 10.3. The van der Waals surface area contributed by atoms with Crippen LogP contribution in [0.1, 0.15) is 6.92 Å². The first-order valence-corrected chi connectivity index (χ1v) is 5.68. The van der Waals surface area contributed by atoms with Crippen LogP contribution in [0.5, 0.6) is 0 Å². The van der Waals surface area contributed by atoms with Crippen LogP contribution < -0.4 is 5.32 Å². The van der Waals surface area contributed by atoms with Crippen molar-refractivity contribution in [3.8, 4) is 0 Å². The molecule has 2 fully saturated rings. The summed E-state index contributed by atoms with van der Waals surface area (Å²) in [7, 11) is 0. The molecule has 0 aromatic heterocycles. The molecule has 0 spiro atoms. The second-order valence-corrected chi connectivity index (χ2v) is 4.67. The van der Waals surface area contributed by atoms with Crippen LogP contribution in [0.25, 0.3) is 0 Å². The Morgan fingerprint density at radius 3 is 2.20 bits per heavy atom. The van der Waals surface area contributed by atoms with E-state index in [2.05, 4.69) is 12.2 Å². The number of fused-ring (bicyclic) bond motifs is 1. The molecule has 1 N–H and O–H groups in total. The third-order valence-corrected chi connectivity index (χ3v) is 3.65. The number of hydrogen-bond donors (Lipinski definition) is 1. The van der Waals surface area contributed by atoms with Gasteiger partial charge in [-0.2, -0.15) is 0 Å². The van der Waals surface area contributed by atoms with E-state index in [1.165, 1.54) is 25.2 Å². The quantitative estimate of drug-likeness (QED) is 0.719. The molecule has 1 heterocycles. The highest BCUT2D eigenvalue weighted by Crippen LogP contribution is 2.47. The molecule has 3 heteroatoms. The average Bonchev–Trinajstić information content (AvgIpc) is 2.69. The lowest BCUT2D eigenvalue weighted by Crippen LogP contribution is -2.13. The predicted molar refractivity (Wildman–Crippen MR) is 60.4 cm³/mol. The van der Waals surface area contributed by atoms with E-state index < -0.39 is 0 Å². The summed E-state index contributed by atoms with van der Waals surface area (Å²) in [5.41, 5.74) is 0. The van der Waals surface area contributed by atoms with E-state index in [1.807, 2.05) is 0 Å². The smallest absolute Gasteiger partial charge is 0.141 e. The molecule has 1 aromatic rings. The van der Waals surface area contributed by atoms with Gasteiger partial charge in [-0.25, -0.2) is 4.39 Å². The van der Waals surface area contributed by atoms with Gasteiger partial charge in [0.25, 0.3) is 0 Å². The van der Waals surface area contributed by atoms with Gasteiger partial charge in [-0.15, -0.1) is 0 Å². The molecule has 1 saturated heterocycles. The van der Waals surface area contributed by atoms with Crippen molar-refractivity contribution in [3.05, 3.63) is 35.1 Å². The largest absolute Gasteiger partial charge is 0.316 e. The highest BCUT2D eigenvalue weighted by atomic mass is 35.5. The van der Waals surface area contributed by atoms with E-state index in [0.717, 1.165) is 17.8 Å². The van der Waals surface area contributed by atoms with Gasteiger partial charge >= 0.3 is 0 Å². The zero-order chi connectivity index (χ0) is 10.8. The van der Waals surface area contributed by atoms with Crippen LogP contribution >= 0.6 is 11.6 Å². The van der Waals surface area contributed by atoms with Crippen LogP contribution in [-0.4, -0.2) is 13.1 Å². The molecular formula is C12H15ClFN. The molecule has 1 saturated carbocycles. The van der Waals surface area contributed by atoms with E-state index in [0.29, 0.717) is 0 Å². The van der Waals surface area contributed by atoms with Gasteiger partial charge in [0.05, 0.1) is 5.02 Å². The first-order valence-electron chi connectivity index (χ1n) is 5.31. The Balaban J connectivity index is 0.000000114. The molecule has 0 amide bonds. The van der Waals surface area contributed by atoms with Gasteiger partial charge in [-0.3, -0.25) is 0 Å². The van der Waals surface area contributed by atoms with Crippen LogP contribution in [0, 0.1) is 23.6 Å². The predicted octanol–water partition coefficient (Wildman–Crippen LogP) is 2.95. The van der Waals surface area contributed by atoms with Gasteiger partial charge in [0.1, 0.15) is 5.82 Å². The van der Waals surface area contributed by atoms with Crippen molar-refractivity contribution in [2.75, 3.05) is 13.1 Å². The van der Waals surface area contributed by atoms with Gasteiger partial charge in [-0.1, -0.05) is 30.7 Å². The molecule has 1 nitrogen and oxygen atoms in total. The summed E-state index contributed by atoms with van der Waals surface area (Å²) in [6.07, 6.45) is 0. The molecule has 82 valence electrons. The standard InChI is InChI=1S/C6H4ClF.C6H11N/c7-5-3-1-2-4-6(5)8;1-4-5-2-7-3-6(4)5/h1-4H;4-7H,2-3H2,1H3. The normalized spacial score (nSPS) is 31.5. The molecule has 0 bridgehead atoms. The third-order valence-electron chi connectivity index (χ3n) is 3.34. The Hall–Kier alpha value is -0.600. The molecule has 2 atom stereocenters.